The predicted octanol–water partition coefficient (Wildman–Crippen LogP) is 3.08. The van der Waals surface area contributed by atoms with Gasteiger partial charge in [0.15, 0.2) is 4.80 Å². The summed E-state index contributed by atoms with van der Waals surface area (Å²) in [5.74, 6) is -1.70. The van der Waals surface area contributed by atoms with Crippen LogP contribution in [0.3, 0.4) is 0 Å². The Bertz CT molecular complexity index is 1390. The van der Waals surface area contributed by atoms with E-state index in [0.717, 1.165) is 11.3 Å². The van der Waals surface area contributed by atoms with Crippen molar-refractivity contribution in [3.8, 4) is 0 Å². The van der Waals surface area contributed by atoms with Crippen LogP contribution < -0.4 is 14.9 Å². The Morgan fingerprint density at radius 3 is 2.52 bits per heavy atom. The lowest BCUT2D eigenvalue weighted by Crippen LogP contribution is -2.40. The van der Waals surface area contributed by atoms with Crippen molar-refractivity contribution in [3.05, 3.63) is 102 Å². The van der Waals surface area contributed by atoms with Crippen LogP contribution in [0.25, 0.3) is 6.08 Å². The van der Waals surface area contributed by atoms with E-state index in [1.165, 1.54) is 34.9 Å². The number of hydrogen-bond donors (Lipinski definition) is 0. The fourth-order valence-electron chi connectivity index (χ4n) is 3.52. The van der Waals surface area contributed by atoms with Crippen molar-refractivity contribution in [3.63, 3.8) is 0 Å². The summed E-state index contributed by atoms with van der Waals surface area (Å²) in [7, 11) is 0. The largest absolute Gasteiger partial charge is 0.463 e. The summed E-state index contributed by atoms with van der Waals surface area (Å²) >= 11 is 1.05. The Labute approximate surface area is 180 Å². The zero-order chi connectivity index (χ0) is 22.1. The highest BCUT2D eigenvalue weighted by molar-refractivity contribution is 7.07. The molecule has 0 bridgehead atoms. The molecule has 0 saturated heterocycles. The minimum Gasteiger partial charge on any atom is -0.463 e. The monoisotopic (exact) mass is 440 g/mol. The number of fused-ring (bicyclic) bond motifs is 1. The summed E-state index contributed by atoms with van der Waals surface area (Å²) in [6.07, 6.45) is 1.43. The number of rotatable bonds is 4. The number of halogens is 2. The van der Waals surface area contributed by atoms with Crippen LogP contribution >= 0.6 is 11.3 Å². The number of hydrogen-bond acceptors (Lipinski definition) is 5. The lowest BCUT2D eigenvalue weighted by molar-refractivity contribution is -0.139. The average molecular weight is 440 g/mol. The standard InChI is InChI=1S/C23H18F2N2O3S/c1-3-30-22(29)19-13(2)26-23-27(20(19)15-9-5-7-11-17(15)25)21(28)18(31-23)12-14-8-4-6-10-16(14)24/h4-12,20H,3H2,1-2H3/t20-/m1/s1. The Morgan fingerprint density at radius 1 is 1.16 bits per heavy atom. The Balaban J connectivity index is 2.00. The quantitative estimate of drug-likeness (QED) is 0.586. The number of esters is 1. The van der Waals surface area contributed by atoms with Gasteiger partial charge in [0.25, 0.3) is 5.56 Å². The Morgan fingerprint density at radius 2 is 1.84 bits per heavy atom. The number of nitrogens with zero attached hydrogens (tertiary/aromatic N) is 2. The van der Waals surface area contributed by atoms with Crippen LogP contribution in [0, 0.1) is 11.6 Å². The lowest BCUT2D eigenvalue weighted by atomic mass is 9.95. The molecule has 0 N–H and O–H groups in total. The molecule has 0 unspecified atom stereocenters. The van der Waals surface area contributed by atoms with Crippen molar-refractivity contribution in [2.75, 3.05) is 6.61 Å². The summed E-state index contributed by atoms with van der Waals surface area (Å²) in [5, 5.41) is 0. The molecule has 1 aromatic heterocycles. The molecule has 0 fully saturated rings. The van der Waals surface area contributed by atoms with Gasteiger partial charge in [0.05, 0.1) is 22.4 Å². The Hall–Kier alpha value is -3.39. The maximum absolute atomic E-state index is 14.8. The van der Waals surface area contributed by atoms with E-state index in [1.54, 1.807) is 38.1 Å². The molecule has 8 heteroatoms. The second kappa shape index (κ2) is 8.39. The zero-order valence-corrected chi connectivity index (χ0v) is 17.6. The fourth-order valence-corrected chi connectivity index (χ4v) is 4.55. The van der Waals surface area contributed by atoms with E-state index >= 15 is 0 Å². The number of carbonyl (C=O) groups excluding carboxylic acids is 1. The van der Waals surface area contributed by atoms with Crippen molar-refractivity contribution in [1.29, 1.82) is 0 Å². The summed E-state index contributed by atoms with van der Waals surface area (Å²) in [5.41, 5.74) is 0.340. The fraction of sp³-hybridized carbons (Fsp3) is 0.174. The van der Waals surface area contributed by atoms with E-state index in [-0.39, 0.29) is 27.8 Å². The second-order valence-electron chi connectivity index (χ2n) is 6.85. The highest BCUT2D eigenvalue weighted by Crippen LogP contribution is 2.32. The maximum atomic E-state index is 14.8. The van der Waals surface area contributed by atoms with Gasteiger partial charge in [-0.3, -0.25) is 9.36 Å². The van der Waals surface area contributed by atoms with E-state index in [0.29, 0.717) is 10.5 Å². The third-order valence-corrected chi connectivity index (χ3v) is 5.89. The molecule has 3 aromatic rings. The molecule has 31 heavy (non-hydrogen) atoms. The SMILES string of the molecule is CCOC(=O)C1=C(C)N=c2sc(=Cc3ccccc3F)c(=O)n2[C@@H]1c1ccccc1F. The number of aromatic nitrogens is 1. The van der Waals surface area contributed by atoms with Gasteiger partial charge in [-0.25, -0.2) is 18.6 Å². The maximum Gasteiger partial charge on any atom is 0.338 e. The van der Waals surface area contributed by atoms with E-state index in [1.807, 2.05) is 0 Å². The van der Waals surface area contributed by atoms with Gasteiger partial charge < -0.3 is 4.74 Å². The topological polar surface area (TPSA) is 60.7 Å². The number of allylic oxidation sites excluding steroid dienone is 1. The van der Waals surface area contributed by atoms with Crippen molar-refractivity contribution in [1.82, 2.24) is 4.57 Å². The summed E-state index contributed by atoms with van der Waals surface area (Å²) < 4.78 is 35.6. The lowest BCUT2D eigenvalue weighted by Gasteiger charge is -2.24. The van der Waals surface area contributed by atoms with Gasteiger partial charge >= 0.3 is 5.97 Å². The van der Waals surface area contributed by atoms with Gasteiger partial charge in [0.2, 0.25) is 0 Å². The normalized spacial score (nSPS) is 16.1. The van der Waals surface area contributed by atoms with Crippen molar-refractivity contribution in [2.45, 2.75) is 19.9 Å². The van der Waals surface area contributed by atoms with Gasteiger partial charge in [0, 0.05) is 11.1 Å². The first kappa shape index (κ1) is 20.9. The molecule has 1 atom stereocenters. The number of ether oxygens (including phenoxy) is 1. The van der Waals surface area contributed by atoms with Crippen molar-refractivity contribution < 1.29 is 18.3 Å². The smallest absolute Gasteiger partial charge is 0.338 e. The molecule has 5 nitrogen and oxygen atoms in total. The summed E-state index contributed by atoms with van der Waals surface area (Å²) in [6.45, 7) is 3.40. The number of carbonyl (C=O) groups is 1. The first-order valence-corrected chi connectivity index (χ1v) is 10.4. The van der Waals surface area contributed by atoms with Gasteiger partial charge in [-0.05, 0) is 32.1 Å². The van der Waals surface area contributed by atoms with E-state index in [4.69, 9.17) is 4.74 Å². The molecule has 2 heterocycles. The van der Waals surface area contributed by atoms with Crippen LogP contribution in [0.4, 0.5) is 8.78 Å². The van der Waals surface area contributed by atoms with Gasteiger partial charge in [0.1, 0.15) is 17.7 Å². The first-order valence-electron chi connectivity index (χ1n) is 9.61. The highest BCUT2D eigenvalue weighted by Gasteiger charge is 2.34. The van der Waals surface area contributed by atoms with E-state index in [2.05, 4.69) is 4.99 Å². The minimum atomic E-state index is -1.04. The number of thiazole rings is 1. The molecule has 0 spiro atoms. The third kappa shape index (κ3) is 3.74. The molecule has 0 aliphatic carbocycles. The van der Waals surface area contributed by atoms with Crippen LogP contribution in [-0.2, 0) is 9.53 Å². The van der Waals surface area contributed by atoms with Crippen molar-refractivity contribution >= 4 is 23.4 Å². The molecule has 2 aromatic carbocycles. The van der Waals surface area contributed by atoms with Crippen LogP contribution in [0.15, 0.2) is 69.6 Å². The summed E-state index contributed by atoms with van der Waals surface area (Å²) in [6, 6.07) is 11.0. The molecule has 158 valence electrons. The average Bonchev–Trinajstić information content (AvgIpc) is 3.04. The van der Waals surface area contributed by atoms with Gasteiger partial charge in [-0.15, -0.1) is 0 Å². The molecular weight excluding hydrogens is 422 g/mol. The van der Waals surface area contributed by atoms with Crippen LogP contribution in [0.5, 0.6) is 0 Å². The molecule has 0 amide bonds. The highest BCUT2D eigenvalue weighted by atomic mass is 32.1. The van der Waals surface area contributed by atoms with E-state index < -0.39 is 29.2 Å². The van der Waals surface area contributed by atoms with Crippen molar-refractivity contribution in [2.24, 2.45) is 4.99 Å². The molecular formula is C23H18F2N2O3S. The predicted molar refractivity (Wildman–Crippen MR) is 113 cm³/mol. The minimum absolute atomic E-state index is 0.0943. The molecule has 1 aliphatic rings. The zero-order valence-electron chi connectivity index (χ0n) is 16.8. The second-order valence-corrected chi connectivity index (χ2v) is 7.85. The molecule has 1 aliphatic heterocycles. The van der Waals surface area contributed by atoms with Gasteiger partial charge in [-0.2, -0.15) is 0 Å². The van der Waals surface area contributed by atoms with E-state index in [9.17, 15) is 18.4 Å². The number of benzene rings is 2. The van der Waals surface area contributed by atoms with Gasteiger partial charge in [-0.1, -0.05) is 47.7 Å². The molecule has 0 saturated carbocycles. The molecule has 4 rings (SSSR count). The van der Waals surface area contributed by atoms with Crippen LogP contribution in [-0.4, -0.2) is 17.1 Å². The molecule has 0 radical (unpaired) electrons. The first-order chi connectivity index (χ1) is 14.9. The Kier molecular flexibility index (Phi) is 5.65. The summed E-state index contributed by atoms with van der Waals surface area (Å²) in [4.78, 5) is 30.8. The third-order valence-electron chi connectivity index (χ3n) is 4.91. The van der Waals surface area contributed by atoms with Crippen LogP contribution in [0.1, 0.15) is 31.0 Å². The van der Waals surface area contributed by atoms with Crippen LogP contribution in [0.2, 0.25) is 0 Å².